The number of thiazole rings is 1. The third kappa shape index (κ3) is 4.08. The molecule has 116 valence electrons. The summed E-state index contributed by atoms with van der Waals surface area (Å²) in [6, 6.07) is 17.0. The number of urea groups is 1. The van der Waals surface area contributed by atoms with E-state index in [1.165, 1.54) is 11.3 Å². The first-order valence-corrected chi connectivity index (χ1v) is 7.99. The molecule has 0 aliphatic carbocycles. The molecule has 1 heterocycles. The van der Waals surface area contributed by atoms with Crippen LogP contribution in [-0.2, 0) is 6.54 Å². The first kappa shape index (κ1) is 15.1. The topological polar surface area (TPSA) is 80.0 Å². The summed E-state index contributed by atoms with van der Waals surface area (Å²) >= 11 is 1.41. The van der Waals surface area contributed by atoms with Crippen LogP contribution >= 0.6 is 11.3 Å². The average Bonchev–Trinajstić information content (AvgIpc) is 3.01. The monoisotopic (exact) mass is 324 g/mol. The Kier molecular flexibility index (Phi) is 4.54. The summed E-state index contributed by atoms with van der Waals surface area (Å²) in [7, 11) is 0. The van der Waals surface area contributed by atoms with E-state index < -0.39 is 0 Å². The van der Waals surface area contributed by atoms with E-state index >= 15 is 0 Å². The molecule has 6 heteroatoms. The lowest BCUT2D eigenvalue weighted by atomic mass is 10.1. The van der Waals surface area contributed by atoms with Gasteiger partial charge in [0.1, 0.15) is 0 Å². The van der Waals surface area contributed by atoms with Gasteiger partial charge in [-0.25, -0.2) is 9.78 Å². The Labute approximate surface area is 138 Å². The third-order valence-corrected chi connectivity index (χ3v) is 3.93. The second-order valence-electron chi connectivity index (χ2n) is 4.94. The van der Waals surface area contributed by atoms with Crippen LogP contribution in [-0.4, -0.2) is 11.0 Å². The van der Waals surface area contributed by atoms with Gasteiger partial charge in [0.25, 0.3) is 0 Å². The molecule has 2 aromatic carbocycles. The minimum absolute atomic E-state index is 0.237. The number of nitrogen functional groups attached to an aromatic ring is 1. The van der Waals surface area contributed by atoms with Gasteiger partial charge in [-0.1, -0.05) is 42.5 Å². The predicted octanol–water partition coefficient (Wildman–Crippen LogP) is 3.71. The fraction of sp³-hybridized carbons (Fsp3) is 0.0588. The minimum Gasteiger partial charge on any atom is -0.375 e. The second kappa shape index (κ2) is 6.93. The van der Waals surface area contributed by atoms with E-state index in [2.05, 4.69) is 15.6 Å². The SMILES string of the molecule is Nc1nc(-c2ccc(NC(=O)NCc3ccccc3)cc2)cs1. The van der Waals surface area contributed by atoms with E-state index in [9.17, 15) is 4.79 Å². The first-order chi connectivity index (χ1) is 11.2. The van der Waals surface area contributed by atoms with E-state index in [0.717, 1.165) is 22.5 Å². The van der Waals surface area contributed by atoms with E-state index in [0.29, 0.717) is 11.7 Å². The van der Waals surface area contributed by atoms with Crippen molar-refractivity contribution in [1.82, 2.24) is 10.3 Å². The van der Waals surface area contributed by atoms with E-state index in [1.54, 1.807) is 0 Å². The maximum absolute atomic E-state index is 11.9. The summed E-state index contributed by atoms with van der Waals surface area (Å²) in [5.74, 6) is 0. The first-order valence-electron chi connectivity index (χ1n) is 7.11. The zero-order chi connectivity index (χ0) is 16.1. The van der Waals surface area contributed by atoms with E-state index in [4.69, 9.17) is 5.73 Å². The van der Waals surface area contributed by atoms with Gasteiger partial charge in [-0.05, 0) is 17.7 Å². The highest BCUT2D eigenvalue weighted by molar-refractivity contribution is 7.13. The molecule has 0 atom stereocenters. The lowest BCUT2D eigenvalue weighted by Gasteiger charge is -2.08. The lowest BCUT2D eigenvalue weighted by molar-refractivity contribution is 0.251. The highest BCUT2D eigenvalue weighted by Crippen LogP contribution is 2.24. The van der Waals surface area contributed by atoms with Crippen molar-refractivity contribution in [2.45, 2.75) is 6.54 Å². The number of amides is 2. The Morgan fingerprint density at radius 3 is 2.48 bits per heavy atom. The number of nitrogens with one attached hydrogen (secondary N) is 2. The fourth-order valence-electron chi connectivity index (χ4n) is 2.10. The number of anilines is 2. The van der Waals surface area contributed by atoms with Gasteiger partial charge in [0, 0.05) is 23.2 Å². The van der Waals surface area contributed by atoms with Gasteiger partial charge in [-0.3, -0.25) is 0 Å². The normalized spacial score (nSPS) is 10.3. The number of hydrogen-bond acceptors (Lipinski definition) is 4. The molecule has 0 bridgehead atoms. The molecule has 3 aromatic rings. The zero-order valence-corrected chi connectivity index (χ0v) is 13.1. The molecule has 4 N–H and O–H groups in total. The number of carbonyl (C=O) groups is 1. The number of nitrogens with zero attached hydrogens (tertiary/aromatic N) is 1. The van der Waals surface area contributed by atoms with Crippen molar-refractivity contribution in [3.05, 3.63) is 65.5 Å². The predicted molar refractivity (Wildman–Crippen MR) is 94.3 cm³/mol. The molecule has 0 spiro atoms. The molecule has 0 aliphatic rings. The Hall–Kier alpha value is -2.86. The third-order valence-electron chi connectivity index (χ3n) is 3.26. The highest BCUT2D eigenvalue weighted by atomic mass is 32.1. The smallest absolute Gasteiger partial charge is 0.319 e. The molecule has 2 amide bonds. The standard InChI is InChI=1S/C17H16N4OS/c18-16-21-15(11-23-16)13-6-8-14(9-7-13)20-17(22)19-10-12-4-2-1-3-5-12/h1-9,11H,10H2,(H2,18,21)(H2,19,20,22). The van der Waals surface area contributed by atoms with Crippen molar-refractivity contribution >= 4 is 28.2 Å². The molecule has 0 saturated carbocycles. The van der Waals surface area contributed by atoms with Gasteiger partial charge in [-0.15, -0.1) is 11.3 Å². The molecule has 0 radical (unpaired) electrons. The van der Waals surface area contributed by atoms with Crippen LogP contribution in [0.4, 0.5) is 15.6 Å². The van der Waals surface area contributed by atoms with Crippen LogP contribution in [0.1, 0.15) is 5.56 Å². The van der Waals surface area contributed by atoms with Crippen LogP contribution in [0, 0.1) is 0 Å². The van der Waals surface area contributed by atoms with Gasteiger partial charge in [0.15, 0.2) is 5.13 Å². The van der Waals surface area contributed by atoms with Crippen LogP contribution in [0.5, 0.6) is 0 Å². The number of rotatable bonds is 4. The van der Waals surface area contributed by atoms with Crippen molar-refractivity contribution in [2.24, 2.45) is 0 Å². The number of hydrogen-bond donors (Lipinski definition) is 3. The number of benzene rings is 2. The summed E-state index contributed by atoms with van der Waals surface area (Å²) in [4.78, 5) is 16.1. The number of aromatic nitrogens is 1. The van der Waals surface area contributed by atoms with Crippen molar-refractivity contribution in [2.75, 3.05) is 11.1 Å². The summed E-state index contributed by atoms with van der Waals surface area (Å²) < 4.78 is 0. The highest BCUT2D eigenvalue weighted by Gasteiger charge is 2.04. The quantitative estimate of drug-likeness (QED) is 0.684. The minimum atomic E-state index is -0.237. The van der Waals surface area contributed by atoms with Gasteiger partial charge in [0.05, 0.1) is 5.69 Å². The van der Waals surface area contributed by atoms with E-state index in [-0.39, 0.29) is 6.03 Å². The Morgan fingerprint density at radius 1 is 1.09 bits per heavy atom. The fourth-order valence-corrected chi connectivity index (χ4v) is 2.67. The summed E-state index contributed by atoms with van der Waals surface area (Å²) in [5.41, 5.74) is 9.22. The van der Waals surface area contributed by atoms with Crippen molar-refractivity contribution in [3.8, 4) is 11.3 Å². The van der Waals surface area contributed by atoms with Crippen LogP contribution in [0.15, 0.2) is 60.0 Å². The number of nitrogens with two attached hydrogens (primary N) is 1. The molecular formula is C17H16N4OS. The van der Waals surface area contributed by atoms with Crippen molar-refractivity contribution < 1.29 is 4.79 Å². The van der Waals surface area contributed by atoms with Gasteiger partial charge < -0.3 is 16.4 Å². The van der Waals surface area contributed by atoms with Crippen LogP contribution < -0.4 is 16.4 Å². The largest absolute Gasteiger partial charge is 0.375 e. The maximum Gasteiger partial charge on any atom is 0.319 e. The number of carbonyl (C=O) groups excluding carboxylic acids is 1. The molecule has 5 nitrogen and oxygen atoms in total. The molecule has 1 aromatic heterocycles. The van der Waals surface area contributed by atoms with Gasteiger partial charge >= 0.3 is 6.03 Å². The van der Waals surface area contributed by atoms with Gasteiger partial charge in [0.2, 0.25) is 0 Å². The molecule has 23 heavy (non-hydrogen) atoms. The molecule has 0 saturated heterocycles. The Morgan fingerprint density at radius 2 is 1.83 bits per heavy atom. The van der Waals surface area contributed by atoms with Gasteiger partial charge in [-0.2, -0.15) is 0 Å². The van der Waals surface area contributed by atoms with Crippen LogP contribution in [0.2, 0.25) is 0 Å². The molecule has 0 unspecified atom stereocenters. The van der Waals surface area contributed by atoms with Crippen molar-refractivity contribution in [1.29, 1.82) is 0 Å². The maximum atomic E-state index is 11.9. The second-order valence-corrected chi connectivity index (χ2v) is 5.83. The van der Waals surface area contributed by atoms with E-state index in [1.807, 2.05) is 60.0 Å². The average molecular weight is 324 g/mol. The summed E-state index contributed by atoms with van der Waals surface area (Å²) in [5, 5.41) is 8.07. The molecule has 0 fully saturated rings. The summed E-state index contributed by atoms with van der Waals surface area (Å²) in [6.45, 7) is 0.489. The Bertz CT molecular complexity index is 784. The van der Waals surface area contributed by atoms with Crippen LogP contribution in [0.25, 0.3) is 11.3 Å². The van der Waals surface area contributed by atoms with Crippen molar-refractivity contribution in [3.63, 3.8) is 0 Å². The summed E-state index contributed by atoms with van der Waals surface area (Å²) in [6.07, 6.45) is 0. The molecular weight excluding hydrogens is 308 g/mol. The lowest BCUT2D eigenvalue weighted by Crippen LogP contribution is -2.28. The zero-order valence-electron chi connectivity index (χ0n) is 12.3. The Balaban J connectivity index is 1.56. The molecule has 0 aliphatic heterocycles. The molecule has 3 rings (SSSR count). The van der Waals surface area contributed by atoms with Crippen LogP contribution in [0.3, 0.4) is 0 Å².